The first-order valence-corrected chi connectivity index (χ1v) is 10.4. The second-order valence-electron chi connectivity index (χ2n) is 7.59. The maximum Gasteiger partial charge on any atom is 0.315 e. The van der Waals surface area contributed by atoms with Crippen LogP contribution < -0.4 is 4.74 Å². The second kappa shape index (κ2) is 9.08. The molecule has 5 heteroatoms. The van der Waals surface area contributed by atoms with Crippen molar-refractivity contribution in [3.8, 4) is 5.75 Å². The lowest BCUT2D eigenvalue weighted by atomic mass is 9.72. The Hall–Kier alpha value is -3.21. The number of hydrogen-bond acceptors (Lipinski definition) is 5. The molecule has 0 fully saturated rings. The standard InChI is InChI=1S/C25H25NO4/c1-17-22(25(28)30-16-15-29-19-11-6-3-7-12-19)23(18-9-4-2-5-10-18)24-20(26-17)13-8-14-21(24)27/h2-7,9-12,22-23H,8,13-16H2,1H3/t22?,23-/m0/s1. The van der Waals surface area contributed by atoms with Crippen molar-refractivity contribution in [1.82, 2.24) is 0 Å². The first-order chi connectivity index (χ1) is 14.6. The summed E-state index contributed by atoms with van der Waals surface area (Å²) in [6.45, 7) is 2.26. The number of benzene rings is 2. The number of rotatable bonds is 6. The Labute approximate surface area is 176 Å². The highest BCUT2D eigenvalue weighted by Gasteiger charge is 2.43. The van der Waals surface area contributed by atoms with Crippen LogP contribution in [0.2, 0.25) is 0 Å². The van der Waals surface area contributed by atoms with Crippen molar-refractivity contribution in [2.75, 3.05) is 13.2 Å². The Morgan fingerprint density at radius 3 is 2.43 bits per heavy atom. The molecule has 1 aliphatic heterocycles. The fourth-order valence-corrected chi connectivity index (χ4v) is 4.24. The minimum atomic E-state index is -0.607. The number of Topliss-reactive ketones (excluding diaryl/α,β-unsaturated/α-hetero) is 1. The van der Waals surface area contributed by atoms with E-state index in [1.807, 2.05) is 67.6 Å². The van der Waals surface area contributed by atoms with Gasteiger partial charge in [0.25, 0.3) is 0 Å². The Morgan fingerprint density at radius 2 is 1.70 bits per heavy atom. The smallest absolute Gasteiger partial charge is 0.315 e. The second-order valence-corrected chi connectivity index (χ2v) is 7.59. The molecule has 30 heavy (non-hydrogen) atoms. The predicted molar refractivity (Wildman–Crippen MR) is 115 cm³/mol. The molecule has 2 aromatic carbocycles. The van der Waals surface area contributed by atoms with Crippen LogP contribution in [0.3, 0.4) is 0 Å². The molecule has 5 nitrogen and oxygen atoms in total. The fourth-order valence-electron chi connectivity index (χ4n) is 4.24. The van der Waals surface area contributed by atoms with Crippen molar-refractivity contribution >= 4 is 17.5 Å². The van der Waals surface area contributed by atoms with Crippen LogP contribution in [0.4, 0.5) is 0 Å². The number of para-hydroxylation sites is 1. The first-order valence-electron chi connectivity index (χ1n) is 10.4. The number of carbonyl (C=O) groups excluding carboxylic acids is 2. The van der Waals surface area contributed by atoms with Gasteiger partial charge in [-0.05, 0) is 37.5 Å². The van der Waals surface area contributed by atoms with Crippen molar-refractivity contribution in [1.29, 1.82) is 0 Å². The topological polar surface area (TPSA) is 65.0 Å². The molecule has 2 aromatic rings. The molecule has 0 aromatic heterocycles. The minimum Gasteiger partial charge on any atom is -0.490 e. The summed E-state index contributed by atoms with van der Waals surface area (Å²) in [7, 11) is 0. The van der Waals surface area contributed by atoms with Gasteiger partial charge in [-0.25, -0.2) is 0 Å². The van der Waals surface area contributed by atoms with Gasteiger partial charge in [-0.2, -0.15) is 0 Å². The molecule has 0 N–H and O–H groups in total. The number of esters is 1. The van der Waals surface area contributed by atoms with Crippen LogP contribution >= 0.6 is 0 Å². The Bertz CT molecular complexity index is 979. The summed E-state index contributed by atoms with van der Waals surface area (Å²) < 4.78 is 11.2. The maximum absolute atomic E-state index is 13.1. The van der Waals surface area contributed by atoms with Crippen LogP contribution in [0, 0.1) is 5.92 Å². The molecule has 2 atom stereocenters. The zero-order chi connectivity index (χ0) is 20.9. The summed E-state index contributed by atoms with van der Waals surface area (Å²) >= 11 is 0. The van der Waals surface area contributed by atoms with E-state index in [0.29, 0.717) is 17.7 Å². The summed E-state index contributed by atoms with van der Waals surface area (Å²) in [4.78, 5) is 30.5. The minimum absolute atomic E-state index is 0.0894. The number of hydrogen-bond donors (Lipinski definition) is 0. The van der Waals surface area contributed by atoms with Gasteiger partial charge in [-0.1, -0.05) is 48.5 Å². The third-order valence-electron chi connectivity index (χ3n) is 5.59. The highest BCUT2D eigenvalue weighted by atomic mass is 16.6. The van der Waals surface area contributed by atoms with Crippen molar-refractivity contribution in [2.45, 2.75) is 32.1 Å². The molecular weight excluding hydrogens is 378 g/mol. The lowest BCUT2D eigenvalue weighted by molar-refractivity contribution is -0.147. The van der Waals surface area contributed by atoms with Crippen LogP contribution in [0.1, 0.15) is 37.7 Å². The highest BCUT2D eigenvalue weighted by molar-refractivity contribution is 6.08. The van der Waals surface area contributed by atoms with Crippen molar-refractivity contribution < 1.29 is 19.1 Å². The number of carbonyl (C=O) groups is 2. The summed E-state index contributed by atoms with van der Waals surface area (Å²) in [5, 5.41) is 0. The molecule has 0 bridgehead atoms. The Morgan fingerprint density at radius 1 is 1.00 bits per heavy atom. The number of nitrogens with zero attached hydrogens (tertiary/aromatic N) is 1. The van der Waals surface area contributed by atoms with Crippen molar-refractivity contribution in [3.05, 3.63) is 77.5 Å². The van der Waals surface area contributed by atoms with E-state index in [2.05, 4.69) is 4.99 Å². The van der Waals surface area contributed by atoms with Crippen LogP contribution in [-0.4, -0.2) is 30.7 Å². The fraction of sp³-hybridized carbons (Fsp3) is 0.320. The average molecular weight is 403 g/mol. The van der Waals surface area contributed by atoms with Gasteiger partial charge in [0.1, 0.15) is 24.9 Å². The highest BCUT2D eigenvalue weighted by Crippen LogP contribution is 2.43. The molecule has 0 radical (unpaired) electrons. The molecule has 0 saturated carbocycles. The number of aliphatic imine (C=N–C) groups is 1. The van der Waals surface area contributed by atoms with Gasteiger partial charge in [0.2, 0.25) is 0 Å². The molecule has 2 aliphatic rings. The van der Waals surface area contributed by atoms with E-state index in [1.54, 1.807) is 0 Å². The predicted octanol–water partition coefficient (Wildman–Crippen LogP) is 4.49. The van der Waals surface area contributed by atoms with Crippen LogP contribution in [0.5, 0.6) is 5.75 Å². The summed E-state index contributed by atoms with van der Waals surface area (Å²) in [6.07, 6.45) is 2.08. The van der Waals surface area contributed by atoms with E-state index in [4.69, 9.17) is 9.47 Å². The molecule has 4 rings (SSSR count). The van der Waals surface area contributed by atoms with Crippen LogP contribution in [-0.2, 0) is 14.3 Å². The third kappa shape index (κ3) is 4.20. The normalized spacial score (nSPS) is 21.0. The number of allylic oxidation sites excluding steroid dienone is 2. The lowest BCUT2D eigenvalue weighted by Gasteiger charge is -2.34. The third-order valence-corrected chi connectivity index (χ3v) is 5.59. The molecule has 0 spiro atoms. The Kier molecular flexibility index (Phi) is 6.07. The van der Waals surface area contributed by atoms with Gasteiger partial charge in [-0.3, -0.25) is 14.6 Å². The van der Waals surface area contributed by atoms with E-state index in [9.17, 15) is 9.59 Å². The Balaban J connectivity index is 1.53. The van der Waals surface area contributed by atoms with Crippen LogP contribution in [0.25, 0.3) is 0 Å². The molecule has 1 aliphatic carbocycles. The zero-order valence-corrected chi connectivity index (χ0v) is 17.0. The van der Waals surface area contributed by atoms with Gasteiger partial charge in [0.05, 0.1) is 0 Å². The largest absolute Gasteiger partial charge is 0.490 e. The zero-order valence-electron chi connectivity index (χ0n) is 17.0. The number of ether oxygens (including phenoxy) is 2. The van der Waals surface area contributed by atoms with E-state index in [-0.39, 0.29) is 30.9 Å². The van der Waals surface area contributed by atoms with Gasteiger partial charge < -0.3 is 9.47 Å². The summed E-state index contributed by atoms with van der Waals surface area (Å²) in [5.41, 5.74) is 3.15. The monoisotopic (exact) mass is 403 g/mol. The van der Waals surface area contributed by atoms with Gasteiger partial charge in [0.15, 0.2) is 5.78 Å². The van der Waals surface area contributed by atoms with E-state index < -0.39 is 5.92 Å². The summed E-state index contributed by atoms with van der Waals surface area (Å²) in [6, 6.07) is 19.1. The van der Waals surface area contributed by atoms with E-state index in [0.717, 1.165) is 29.9 Å². The quantitative estimate of drug-likeness (QED) is 0.527. The molecule has 154 valence electrons. The maximum atomic E-state index is 13.1. The van der Waals surface area contributed by atoms with E-state index in [1.165, 1.54) is 0 Å². The summed E-state index contributed by atoms with van der Waals surface area (Å²) in [5.74, 6) is -0.508. The van der Waals surface area contributed by atoms with Crippen LogP contribution in [0.15, 0.2) is 76.9 Å². The first kappa shape index (κ1) is 20.1. The molecule has 0 amide bonds. The molecule has 1 heterocycles. The SMILES string of the molecule is CC1=NC2=C(C(=O)CCC2)[C@@H](c2ccccc2)C1C(=O)OCCOc1ccccc1. The average Bonchev–Trinajstić information content (AvgIpc) is 2.77. The van der Waals surface area contributed by atoms with Crippen molar-refractivity contribution in [3.63, 3.8) is 0 Å². The van der Waals surface area contributed by atoms with E-state index >= 15 is 0 Å². The lowest BCUT2D eigenvalue weighted by Crippen LogP contribution is -2.37. The number of ketones is 1. The van der Waals surface area contributed by atoms with Gasteiger partial charge >= 0.3 is 5.97 Å². The molecular formula is C25H25NO4. The van der Waals surface area contributed by atoms with Gasteiger partial charge in [-0.15, -0.1) is 0 Å². The molecule has 1 unspecified atom stereocenters. The van der Waals surface area contributed by atoms with Crippen molar-refractivity contribution in [2.24, 2.45) is 10.9 Å². The molecule has 0 saturated heterocycles. The van der Waals surface area contributed by atoms with Gasteiger partial charge in [0, 0.05) is 29.3 Å².